The lowest BCUT2D eigenvalue weighted by Gasteiger charge is -2.19. The first kappa shape index (κ1) is 24.6. The van der Waals surface area contributed by atoms with Gasteiger partial charge >= 0.3 is 0 Å². The fourth-order valence-electron chi connectivity index (χ4n) is 2.85. The zero-order valence-electron chi connectivity index (χ0n) is 17.1. The number of amides is 1. The van der Waals surface area contributed by atoms with Crippen molar-refractivity contribution in [3.63, 3.8) is 0 Å². The number of sulfone groups is 1. The van der Waals surface area contributed by atoms with Gasteiger partial charge in [-0.3, -0.25) is 4.79 Å². The number of hydrogen-bond donors (Lipinski definition) is 1. The Morgan fingerprint density at radius 3 is 2.07 bits per heavy atom. The SMILES string of the molecule is CCCCCS(=O)(=O)CC(=O)NC(C)c1ccc(S(=O)(=O)N(CC)CC)cc1. The summed E-state index contributed by atoms with van der Waals surface area (Å²) in [6.45, 7) is 8.06. The van der Waals surface area contributed by atoms with Crippen molar-refractivity contribution in [1.29, 1.82) is 0 Å². The van der Waals surface area contributed by atoms with Crippen molar-refractivity contribution in [2.75, 3.05) is 24.6 Å². The van der Waals surface area contributed by atoms with Gasteiger partial charge in [0.05, 0.1) is 16.7 Å². The molecule has 0 fully saturated rings. The maximum Gasteiger partial charge on any atom is 0.243 e. The van der Waals surface area contributed by atoms with E-state index in [1.165, 1.54) is 16.4 Å². The van der Waals surface area contributed by atoms with E-state index in [1.54, 1.807) is 32.9 Å². The summed E-state index contributed by atoms with van der Waals surface area (Å²) in [4.78, 5) is 12.3. The summed E-state index contributed by atoms with van der Waals surface area (Å²) < 4.78 is 50.3. The van der Waals surface area contributed by atoms with Crippen LogP contribution in [0.15, 0.2) is 29.2 Å². The molecule has 0 spiro atoms. The first-order valence-corrected chi connectivity index (χ1v) is 12.9. The molecule has 1 atom stereocenters. The number of carbonyl (C=O) groups is 1. The van der Waals surface area contributed by atoms with Crippen LogP contribution in [0, 0.1) is 0 Å². The molecule has 1 N–H and O–H groups in total. The molecule has 0 aliphatic heterocycles. The van der Waals surface area contributed by atoms with Crippen LogP contribution in [-0.4, -0.2) is 51.6 Å². The molecule has 0 heterocycles. The van der Waals surface area contributed by atoms with Crippen molar-refractivity contribution in [3.05, 3.63) is 29.8 Å². The number of sulfonamides is 1. The molecule has 1 unspecified atom stereocenters. The summed E-state index contributed by atoms with van der Waals surface area (Å²) >= 11 is 0. The summed E-state index contributed by atoms with van der Waals surface area (Å²) in [6, 6.07) is 5.86. The largest absolute Gasteiger partial charge is 0.349 e. The van der Waals surface area contributed by atoms with E-state index in [1.807, 2.05) is 6.92 Å². The molecule has 0 bridgehead atoms. The second kappa shape index (κ2) is 10.9. The van der Waals surface area contributed by atoms with E-state index in [9.17, 15) is 21.6 Å². The first-order chi connectivity index (χ1) is 13.1. The highest BCUT2D eigenvalue weighted by Crippen LogP contribution is 2.19. The Balaban J connectivity index is 2.75. The van der Waals surface area contributed by atoms with E-state index in [4.69, 9.17) is 0 Å². The van der Waals surface area contributed by atoms with Crippen molar-refractivity contribution in [1.82, 2.24) is 9.62 Å². The molecule has 28 heavy (non-hydrogen) atoms. The first-order valence-electron chi connectivity index (χ1n) is 9.67. The molecule has 0 aromatic heterocycles. The van der Waals surface area contributed by atoms with Gasteiger partial charge in [0.25, 0.3) is 0 Å². The second-order valence-electron chi connectivity index (χ2n) is 6.75. The molecule has 0 aliphatic carbocycles. The lowest BCUT2D eigenvalue weighted by molar-refractivity contribution is -0.119. The van der Waals surface area contributed by atoms with E-state index in [0.717, 1.165) is 12.8 Å². The zero-order valence-corrected chi connectivity index (χ0v) is 18.8. The van der Waals surface area contributed by atoms with Crippen LogP contribution in [0.2, 0.25) is 0 Å². The van der Waals surface area contributed by atoms with Gasteiger partial charge in [-0.2, -0.15) is 4.31 Å². The molecular weight excluding hydrogens is 400 g/mol. The predicted molar refractivity (Wildman–Crippen MR) is 111 cm³/mol. The molecule has 0 saturated heterocycles. The fraction of sp³-hybridized carbons (Fsp3) is 0.632. The third-order valence-corrected chi connectivity index (χ3v) is 8.19. The van der Waals surface area contributed by atoms with Gasteiger partial charge in [0.1, 0.15) is 5.75 Å². The normalized spacial score (nSPS) is 13.5. The van der Waals surface area contributed by atoms with Crippen LogP contribution in [-0.2, 0) is 24.7 Å². The highest BCUT2D eigenvalue weighted by molar-refractivity contribution is 7.92. The highest BCUT2D eigenvalue weighted by Gasteiger charge is 2.22. The molecule has 1 aromatic rings. The Morgan fingerprint density at radius 1 is 1.00 bits per heavy atom. The topological polar surface area (TPSA) is 101 Å². The smallest absolute Gasteiger partial charge is 0.243 e. The molecule has 9 heteroatoms. The summed E-state index contributed by atoms with van der Waals surface area (Å²) in [5.41, 5.74) is 0.704. The average Bonchev–Trinajstić information content (AvgIpc) is 2.62. The van der Waals surface area contributed by atoms with E-state index in [-0.39, 0.29) is 10.6 Å². The average molecular weight is 433 g/mol. The monoisotopic (exact) mass is 432 g/mol. The quantitative estimate of drug-likeness (QED) is 0.512. The lowest BCUT2D eigenvalue weighted by Crippen LogP contribution is -2.33. The van der Waals surface area contributed by atoms with Crippen molar-refractivity contribution >= 4 is 25.8 Å². The minimum atomic E-state index is -3.54. The van der Waals surface area contributed by atoms with Gasteiger partial charge in [-0.05, 0) is 31.0 Å². The minimum Gasteiger partial charge on any atom is -0.349 e. The van der Waals surface area contributed by atoms with Crippen LogP contribution in [0.1, 0.15) is 58.6 Å². The summed E-state index contributed by atoms with van der Waals surface area (Å²) in [6.07, 6.45) is 2.29. The van der Waals surface area contributed by atoms with Crippen LogP contribution >= 0.6 is 0 Å². The molecular formula is C19H32N2O5S2. The van der Waals surface area contributed by atoms with E-state index < -0.39 is 37.6 Å². The zero-order chi connectivity index (χ0) is 21.4. The van der Waals surface area contributed by atoms with Gasteiger partial charge in [-0.15, -0.1) is 0 Å². The number of nitrogens with one attached hydrogen (secondary N) is 1. The summed E-state index contributed by atoms with van der Waals surface area (Å²) in [7, 11) is -6.95. The third-order valence-electron chi connectivity index (χ3n) is 4.51. The second-order valence-corrected chi connectivity index (χ2v) is 10.9. The number of unbranched alkanes of at least 4 members (excludes halogenated alkanes) is 2. The number of carbonyl (C=O) groups excluding carboxylic acids is 1. The number of nitrogens with zero attached hydrogens (tertiary/aromatic N) is 1. The van der Waals surface area contributed by atoms with Gasteiger partial charge < -0.3 is 5.32 Å². The van der Waals surface area contributed by atoms with Crippen LogP contribution in [0.3, 0.4) is 0 Å². The summed E-state index contributed by atoms with van der Waals surface area (Å²) in [5.74, 6) is -1.07. The minimum absolute atomic E-state index is 0.0144. The Labute approximate surface area is 169 Å². The Morgan fingerprint density at radius 2 is 1.57 bits per heavy atom. The Kier molecular flexibility index (Phi) is 9.59. The van der Waals surface area contributed by atoms with Gasteiger partial charge in [0, 0.05) is 13.1 Å². The van der Waals surface area contributed by atoms with Crippen molar-refractivity contribution in [2.24, 2.45) is 0 Å². The molecule has 0 radical (unpaired) electrons. The number of hydrogen-bond acceptors (Lipinski definition) is 5. The van der Waals surface area contributed by atoms with E-state index in [2.05, 4.69) is 5.32 Å². The number of rotatable bonds is 12. The lowest BCUT2D eigenvalue weighted by atomic mass is 10.1. The molecule has 1 aromatic carbocycles. The standard InChI is InChI=1S/C19H32N2O5S2/c1-5-8-9-14-27(23,24)15-19(22)20-16(4)17-10-12-18(13-11-17)28(25,26)21(6-2)7-3/h10-13,16H,5-9,14-15H2,1-4H3,(H,20,22). The van der Waals surface area contributed by atoms with Gasteiger partial charge in [0.2, 0.25) is 15.9 Å². The Bertz CT molecular complexity index is 830. The molecule has 160 valence electrons. The molecule has 0 aliphatic rings. The molecule has 7 nitrogen and oxygen atoms in total. The van der Waals surface area contributed by atoms with Crippen molar-refractivity contribution in [3.8, 4) is 0 Å². The fourth-order valence-corrected chi connectivity index (χ4v) is 5.58. The maximum atomic E-state index is 12.5. The third kappa shape index (κ3) is 7.18. The van der Waals surface area contributed by atoms with Gasteiger partial charge in [-0.25, -0.2) is 16.8 Å². The molecule has 1 rings (SSSR count). The van der Waals surface area contributed by atoms with Crippen LogP contribution in [0.5, 0.6) is 0 Å². The van der Waals surface area contributed by atoms with Crippen LogP contribution in [0.4, 0.5) is 0 Å². The van der Waals surface area contributed by atoms with Crippen molar-refractivity contribution < 1.29 is 21.6 Å². The van der Waals surface area contributed by atoms with Crippen molar-refractivity contribution in [2.45, 2.75) is 57.9 Å². The van der Waals surface area contributed by atoms with Crippen LogP contribution < -0.4 is 5.32 Å². The van der Waals surface area contributed by atoms with Gasteiger partial charge in [0.15, 0.2) is 9.84 Å². The van der Waals surface area contributed by atoms with Crippen LogP contribution in [0.25, 0.3) is 0 Å². The number of benzene rings is 1. The van der Waals surface area contributed by atoms with E-state index in [0.29, 0.717) is 25.1 Å². The molecule has 1 amide bonds. The molecule has 0 saturated carbocycles. The maximum absolute atomic E-state index is 12.5. The van der Waals surface area contributed by atoms with Gasteiger partial charge in [-0.1, -0.05) is 45.7 Å². The predicted octanol–water partition coefficient (Wildman–Crippen LogP) is 2.50. The van der Waals surface area contributed by atoms with E-state index >= 15 is 0 Å². The highest BCUT2D eigenvalue weighted by atomic mass is 32.2. The Hall–Kier alpha value is -1.45. The summed E-state index contributed by atoms with van der Waals surface area (Å²) in [5, 5.41) is 2.67.